The van der Waals surface area contributed by atoms with E-state index in [1.165, 1.54) is 41.3 Å². The number of benzene rings is 2. The lowest BCUT2D eigenvalue weighted by Gasteiger charge is -2.11. The molecule has 7 nitrogen and oxygen atoms in total. The van der Waals surface area contributed by atoms with E-state index in [1.54, 1.807) is 36.4 Å². The van der Waals surface area contributed by atoms with Gasteiger partial charge in [-0.25, -0.2) is 8.42 Å². The number of halogens is 1. The molecule has 0 unspecified atom stereocenters. The van der Waals surface area contributed by atoms with E-state index in [-0.39, 0.29) is 15.5 Å². The second-order valence-corrected chi connectivity index (χ2v) is 9.85. The molecule has 0 fully saturated rings. The first-order valence-corrected chi connectivity index (χ1v) is 11.8. The molecule has 0 spiro atoms. The van der Waals surface area contributed by atoms with Gasteiger partial charge < -0.3 is 0 Å². The van der Waals surface area contributed by atoms with Crippen LogP contribution in [0.1, 0.15) is 10.4 Å². The summed E-state index contributed by atoms with van der Waals surface area (Å²) in [6.45, 7) is 3.63. The fourth-order valence-electron chi connectivity index (χ4n) is 2.18. The van der Waals surface area contributed by atoms with E-state index < -0.39 is 15.9 Å². The highest BCUT2D eigenvalue weighted by molar-refractivity contribution is 8.01. The minimum atomic E-state index is -3.98. The average molecular weight is 467 g/mol. The van der Waals surface area contributed by atoms with E-state index >= 15 is 0 Å². The van der Waals surface area contributed by atoms with Crippen LogP contribution in [0, 0.1) is 0 Å². The van der Waals surface area contributed by atoms with Gasteiger partial charge in [0.05, 0.1) is 5.02 Å². The number of rotatable bonds is 8. The van der Waals surface area contributed by atoms with Crippen LogP contribution < -0.4 is 10.0 Å². The van der Waals surface area contributed by atoms with E-state index in [0.717, 1.165) is 0 Å². The number of hydrogen-bond donors (Lipinski definition) is 2. The number of anilines is 2. The van der Waals surface area contributed by atoms with Crippen molar-refractivity contribution < 1.29 is 13.2 Å². The number of para-hydroxylation sites is 1. The zero-order chi connectivity index (χ0) is 20.9. The molecule has 3 rings (SSSR count). The van der Waals surface area contributed by atoms with Gasteiger partial charge in [0, 0.05) is 17.0 Å². The van der Waals surface area contributed by atoms with E-state index in [1.807, 2.05) is 0 Å². The lowest BCUT2D eigenvalue weighted by atomic mass is 10.2. The van der Waals surface area contributed by atoms with Gasteiger partial charge in [0.2, 0.25) is 5.13 Å². The third-order valence-electron chi connectivity index (χ3n) is 3.46. The molecular formula is C18H15ClN4O3S3. The molecule has 2 aromatic carbocycles. The third kappa shape index (κ3) is 5.57. The van der Waals surface area contributed by atoms with Crippen molar-refractivity contribution in [3.05, 3.63) is 71.8 Å². The van der Waals surface area contributed by atoms with Crippen LogP contribution in [0.4, 0.5) is 10.8 Å². The SMILES string of the molecule is C=CCSc1nnc(NC(=O)c2ccc(Cl)c(S(=O)(=O)Nc3ccccc3)c2)s1. The lowest BCUT2D eigenvalue weighted by molar-refractivity contribution is 0.102. The van der Waals surface area contributed by atoms with Crippen LogP contribution in [-0.2, 0) is 10.0 Å². The fraction of sp³-hybridized carbons (Fsp3) is 0.0556. The molecule has 11 heteroatoms. The molecule has 1 aromatic heterocycles. The van der Waals surface area contributed by atoms with E-state index in [2.05, 4.69) is 26.8 Å². The summed E-state index contributed by atoms with van der Waals surface area (Å²) in [7, 11) is -3.98. The number of carbonyl (C=O) groups excluding carboxylic acids is 1. The zero-order valence-electron chi connectivity index (χ0n) is 14.8. The van der Waals surface area contributed by atoms with Gasteiger partial charge in [0.1, 0.15) is 4.90 Å². The van der Waals surface area contributed by atoms with Crippen molar-refractivity contribution >= 4 is 61.4 Å². The monoisotopic (exact) mass is 466 g/mol. The molecular weight excluding hydrogens is 452 g/mol. The number of nitrogens with zero attached hydrogens (tertiary/aromatic N) is 2. The standard InChI is InChI=1S/C18H15ClN4O3S3/c1-2-10-27-18-22-21-17(28-18)20-16(24)12-8-9-14(19)15(11-12)29(25,26)23-13-6-4-3-5-7-13/h2-9,11,23H,1,10H2,(H,20,21,24). The molecule has 0 aliphatic heterocycles. The summed E-state index contributed by atoms with van der Waals surface area (Å²) in [5.41, 5.74) is 0.509. The maximum absolute atomic E-state index is 12.7. The second kappa shape index (κ2) is 9.40. The number of amides is 1. The summed E-state index contributed by atoms with van der Waals surface area (Å²) < 4.78 is 28.5. The summed E-state index contributed by atoms with van der Waals surface area (Å²) in [6.07, 6.45) is 1.74. The highest BCUT2D eigenvalue weighted by Crippen LogP contribution is 2.27. The van der Waals surface area contributed by atoms with Crippen molar-refractivity contribution in [2.24, 2.45) is 0 Å². The Morgan fingerprint density at radius 2 is 1.97 bits per heavy atom. The van der Waals surface area contributed by atoms with Gasteiger partial charge in [-0.2, -0.15) is 0 Å². The van der Waals surface area contributed by atoms with Crippen molar-refractivity contribution in [1.29, 1.82) is 0 Å². The minimum Gasteiger partial charge on any atom is -0.296 e. The molecule has 29 heavy (non-hydrogen) atoms. The van der Waals surface area contributed by atoms with Crippen LogP contribution in [0.2, 0.25) is 5.02 Å². The Morgan fingerprint density at radius 3 is 2.69 bits per heavy atom. The normalized spacial score (nSPS) is 11.1. The highest BCUT2D eigenvalue weighted by atomic mass is 35.5. The number of hydrogen-bond acceptors (Lipinski definition) is 7. The second-order valence-electron chi connectivity index (χ2n) is 5.54. The minimum absolute atomic E-state index is 0.00371. The molecule has 0 bridgehead atoms. The van der Waals surface area contributed by atoms with Gasteiger partial charge in [0.25, 0.3) is 15.9 Å². The predicted octanol–water partition coefficient (Wildman–Crippen LogP) is 4.52. The first-order valence-electron chi connectivity index (χ1n) is 8.15. The Hall–Kier alpha value is -2.40. The Balaban J connectivity index is 1.80. The molecule has 1 amide bonds. The summed E-state index contributed by atoms with van der Waals surface area (Å²) >= 11 is 8.74. The van der Waals surface area contributed by atoms with Gasteiger partial charge in [-0.3, -0.25) is 14.8 Å². The summed E-state index contributed by atoms with van der Waals surface area (Å²) in [4.78, 5) is 12.3. The maximum Gasteiger partial charge on any atom is 0.263 e. The lowest BCUT2D eigenvalue weighted by Crippen LogP contribution is -2.16. The quantitative estimate of drug-likeness (QED) is 0.287. The molecule has 0 atom stereocenters. The molecule has 0 radical (unpaired) electrons. The topological polar surface area (TPSA) is 101 Å². The van der Waals surface area contributed by atoms with Crippen LogP contribution in [0.25, 0.3) is 0 Å². The van der Waals surface area contributed by atoms with Crippen molar-refractivity contribution in [2.45, 2.75) is 9.24 Å². The Labute approximate surface area is 181 Å². The Morgan fingerprint density at radius 1 is 1.21 bits per heavy atom. The highest BCUT2D eigenvalue weighted by Gasteiger charge is 2.21. The Kier molecular flexibility index (Phi) is 6.91. The first-order chi connectivity index (χ1) is 13.9. The van der Waals surface area contributed by atoms with Crippen LogP contribution in [0.5, 0.6) is 0 Å². The molecule has 3 aromatic rings. The van der Waals surface area contributed by atoms with Crippen molar-refractivity contribution in [3.8, 4) is 0 Å². The predicted molar refractivity (Wildman–Crippen MR) is 117 cm³/mol. The molecule has 1 heterocycles. The van der Waals surface area contributed by atoms with Crippen molar-refractivity contribution in [3.63, 3.8) is 0 Å². The van der Waals surface area contributed by atoms with E-state index in [9.17, 15) is 13.2 Å². The van der Waals surface area contributed by atoms with E-state index in [0.29, 0.717) is 20.9 Å². The molecule has 150 valence electrons. The number of aromatic nitrogens is 2. The summed E-state index contributed by atoms with van der Waals surface area (Å²) in [5, 5.41) is 10.8. The molecule has 0 saturated heterocycles. The van der Waals surface area contributed by atoms with Gasteiger partial charge in [-0.05, 0) is 30.3 Å². The van der Waals surface area contributed by atoms with Crippen LogP contribution in [-0.4, -0.2) is 30.3 Å². The number of sulfonamides is 1. The van der Waals surface area contributed by atoms with Gasteiger partial charge >= 0.3 is 0 Å². The van der Waals surface area contributed by atoms with Crippen LogP contribution in [0.15, 0.2) is 70.4 Å². The van der Waals surface area contributed by atoms with Crippen LogP contribution in [0.3, 0.4) is 0 Å². The number of carbonyl (C=O) groups is 1. The first kappa shape index (κ1) is 21.3. The van der Waals surface area contributed by atoms with E-state index in [4.69, 9.17) is 11.6 Å². The zero-order valence-corrected chi connectivity index (χ0v) is 18.0. The van der Waals surface area contributed by atoms with Gasteiger partial charge in [0.15, 0.2) is 4.34 Å². The molecule has 0 aliphatic carbocycles. The smallest absolute Gasteiger partial charge is 0.263 e. The maximum atomic E-state index is 12.7. The van der Waals surface area contributed by atoms with Crippen molar-refractivity contribution in [1.82, 2.24) is 10.2 Å². The fourth-order valence-corrected chi connectivity index (χ4v) is 5.28. The molecule has 0 aliphatic rings. The van der Waals surface area contributed by atoms with Gasteiger partial charge in [-0.1, -0.05) is 59.0 Å². The van der Waals surface area contributed by atoms with Crippen molar-refractivity contribution in [2.75, 3.05) is 15.8 Å². The Bertz CT molecular complexity index is 1130. The molecule has 0 saturated carbocycles. The average Bonchev–Trinajstić information content (AvgIpc) is 3.14. The summed E-state index contributed by atoms with van der Waals surface area (Å²) in [6, 6.07) is 12.4. The van der Waals surface area contributed by atoms with Gasteiger partial charge in [-0.15, -0.1) is 16.8 Å². The third-order valence-corrected chi connectivity index (χ3v) is 7.29. The summed E-state index contributed by atoms with van der Waals surface area (Å²) in [5.74, 6) is 0.157. The largest absolute Gasteiger partial charge is 0.296 e. The molecule has 2 N–H and O–H groups in total. The van der Waals surface area contributed by atoms with Crippen LogP contribution >= 0.6 is 34.7 Å². The number of thioether (sulfide) groups is 1. The number of nitrogens with one attached hydrogen (secondary N) is 2.